The van der Waals surface area contributed by atoms with Crippen molar-refractivity contribution in [3.63, 3.8) is 0 Å². The summed E-state index contributed by atoms with van der Waals surface area (Å²) in [6.45, 7) is 3.27. The molecule has 3 N–H and O–H groups in total. The van der Waals surface area contributed by atoms with Crippen molar-refractivity contribution in [1.29, 1.82) is 0 Å². The summed E-state index contributed by atoms with van der Waals surface area (Å²) >= 11 is 0. The molecule has 6 nitrogen and oxygen atoms in total. The molecular weight excluding hydrogens is 218 g/mol. The Morgan fingerprint density at radius 1 is 1.60 bits per heavy atom. The van der Waals surface area contributed by atoms with Gasteiger partial charge in [-0.25, -0.2) is 13.6 Å². The molecular formula is C8H15N3O3S. The number of aromatic nitrogens is 2. The van der Waals surface area contributed by atoms with Gasteiger partial charge in [-0.3, -0.25) is 4.68 Å². The number of hydrogen-bond donors (Lipinski definition) is 2. The Bertz CT molecular complexity index is 456. The highest BCUT2D eigenvalue weighted by atomic mass is 32.2. The predicted molar refractivity (Wildman–Crippen MR) is 54.6 cm³/mol. The summed E-state index contributed by atoms with van der Waals surface area (Å²) in [7, 11) is -2.17. The van der Waals surface area contributed by atoms with E-state index in [9.17, 15) is 13.5 Å². The SMILES string of the molecule is Cn1nc(S(N)(=O)=O)cc1CC(C)(C)O. The molecule has 7 heteroatoms. The van der Waals surface area contributed by atoms with E-state index in [1.54, 1.807) is 20.9 Å². The number of sulfonamides is 1. The maximum atomic E-state index is 11.0. The summed E-state index contributed by atoms with van der Waals surface area (Å²) in [5.74, 6) is 0. The Hall–Kier alpha value is -0.920. The van der Waals surface area contributed by atoms with Crippen LogP contribution in [0.1, 0.15) is 19.5 Å². The third kappa shape index (κ3) is 3.29. The van der Waals surface area contributed by atoms with Gasteiger partial charge < -0.3 is 5.11 Å². The lowest BCUT2D eigenvalue weighted by molar-refractivity contribution is 0.0789. The summed E-state index contributed by atoms with van der Waals surface area (Å²) in [4.78, 5) is 0. The van der Waals surface area contributed by atoms with Gasteiger partial charge in [-0.1, -0.05) is 0 Å². The first-order chi connectivity index (χ1) is 6.59. The van der Waals surface area contributed by atoms with Crippen LogP contribution in [-0.4, -0.2) is 28.9 Å². The van der Waals surface area contributed by atoms with Crippen LogP contribution in [0.2, 0.25) is 0 Å². The highest BCUT2D eigenvalue weighted by molar-refractivity contribution is 7.89. The average molecular weight is 233 g/mol. The van der Waals surface area contributed by atoms with Crippen molar-refractivity contribution in [2.75, 3.05) is 0 Å². The average Bonchev–Trinajstić information content (AvgIpc) is 2.27. The van der Waals surface area contributed by atoms with Crippen molar-refractivity contribution in [2.24, 2.45) is 12.2 Å². The Labute approximate surface area is 88.8 Å². The number of nitrogens with zero attached hydrogens (tertiary/aromatic N) is 2. The van der Waals surface area contributed by atoms with Gasteiger partial charge in [0.05, 0.1) is 5.60 Å². The highest BCUT2D eigenvalue weighted by Gasteiger charge is 2.20. The van der Waals surface area contributed by atoms with Crippen molar-refractivity contribution in [3.8, 4) is 0 Å². The van der Waals surface area contributed by atoms with Crippen LogP contribution in [0.5, 0.6) is 0 Å². The van der Waals surface area contributed by atoms with E-state index in [2.05, 4.69) is 5.10 Å². The van der Waals surface area contributed by atoms with E-state index in [1.165, 1.54) is 10.7 Å². The first-order valence-electron chi connectivity index (χ1n) is 4.38. The fraction of sp³-hybridized carbons (Fsp3) is 0.625. The minimum absolute atomic E-state index is 0.177. The van der Waals surface area contributed by atoms with E-state index in [1.807, 2.05) is 0 Å². The molecule has 0 aromatic carbocycles. The van der Waals surface area contributed by atoms with Gasteiger partial charge in [-0.15, -0.1) is 0 Å². The van der Waals surface area contributed by atoms with Gasteiger partial charge in [0.25, 0.3) is 10.0 Å². The Morgan fingerprint density at radius 3 is 2.47 bits per heavy atom. The molecule has 0 radical (unpaired) electrons. The summed E-state index contributed by atoms with van der Waals surface area (Å²) in [5, 5.41) is 18.1. The van der Waals surface area contributed by atoms with Crippen LogP contribution >= 0.6 is 0 Å². The van der Waals surface area contributed by atoms with Crippen molar-refractivity contribution < 1.29 is 13.5 Å². The lowest BCUT2D eigenvalue weighted by Crippen LogP contribution is -2.23. The molecule has 0 amide bonds. The molecule has 0 spiro atoms. The molecule has 1 aromatic rings. The van der Waals surface area contributed by atoms with Gasteiger partial charge in [0.1, 0.15) is 0 Å². The van der Waals surface area contributed by atoms with E-state index in [0.29, 0.717) is 12.1 Å². The van der Waals surface area contributed by atoms with Crippen molar-refractivity contribution in [2.45, 2.75) is 30.9 Å². The van der Waals surface area contributed by atoms with E-state index in [-0.39, 0.29) is 5.03 Å². The molecule has 0 fully saturated rings. The predicted octanol–water partition coefficient (Wildman–Crippen LogP) is -0.619. The minimum Gasteiger partial charge on any atom is -0.390 e. The molecule has 15 heavy (non-hydrogen) atoms. The normalized spacial score (nSPS) is 13.1. The minimum atomic E-state index is -3.77. The molecule has 0 saturated heterocycles. The molecule has 1 heterocycles. The smallest absolute Gasteiger partial charge is 0.257 e. The van der Waals surface area contributed by atoms with Crippen LogP contribution in [0.15, 0.2) is 11.1 Å². The quantitative estimate of drug-likeness (QED) is 0.727. The summed E-state index contributed by atoms with van der Waals surface area (Å²) < 4.78 is 23.4. The van der Waals surface area contributed by atoms with Crippen molar-refractivity contribution in [3.05, 3.63) is 11.8 Å². The third-order valence-electron chi connectivity index (χ3n) is 1.86. The number of nitrogens with two attached hydrogens (primary N) is 1. The Morgan fingerprint density at radius 2 is 2.13 bits per heavy atom. The molecule has 0 saturated carbocycles. The number of hydrogen-bond acceptors (Lipinski definition) is 4. The molecule has 0 aliphatic rings. The van der Waals surface area contributed by atoms with Crippen LogP contribution in [0.3, 0.4) is 0 Å². The fourth-order valence-electron chi connectivity index (χ4n) is 1.22. The second-order valence-corrected chi connectivity index (χ2v) is 5.64. The zero-order chi connectivity index (χ0) is 11.9. The zero-order valence-corrected chi connectivity index (χ0v) is 9.74. The lowest BCUT2D eigenvalue weighted by atomic mass is 10.0. The lowest BCUT2D eigenvalue weighted by Gasteiger charge is -2.16. The van der Waals surface area contributed by atoms with E-state index >= 15 is 0 Å². The second-order valence-electron chi connectivity index (χ2n) is 4.13. The topological polar surface area (TPSA) is 98.2 Å². The molecule has 86 valence electrons. The van der Waals surface area contributed by atoms with Gasteiger partial charge in [0, 0.05) is 19.2 Å². The molecule has 0 atom stereocenters. The van der Waals surface area contributed by atoms with Gasteiger partial charge in [0.2, 0.25) is 0 Å². The van der Waals surface area contributed by atoms with Crippen molar-refractivity contribution >= 4 is 10.0 Å². The number of primary sulfonamides is 1. The molecule has 0 aliphatic heterocycles. The molecule has 0 unspecified atom stereocenters. The molecule has 1 aromatic heterocycles. The largest absolute Gasteiger partial charge is 0.390 e. The van der Waals surface area contributed by atoms with Crippen LogP contribution < -0.4 is 5.14 Å². The second kappa shape index (κ2) is 3.58. The summed E-state index contributed by atoms with van der Waals surface area (Å²) in [6.07, 6.45) is 0.312. The van der Waals surface area contributed by atoms with Gasteiger partial charge in [-0.2, -0.15) is 5.10 Å². The van der Waals surface area contributed by atoms with E-state index in [0.717, 1.165) is 0 Å². The van der Waals surface area contributed by atoms with Crippen LogP contribution in [0.4, 0.5) is 0 Å². The Kier molecular flexibility index (Phi) is 2.90. The molecule has 0 aliphatic carbocycles. The maximum absolute atomic E-state index is 11.0. The molecule has 1 rings (SSSR count). The highest BCUT2D eigenvalue weighted by Crippen LogP contribution is 2.14. The van der Waals surface area contributed by atoms with Crippen LogP contribution in [-0.2, 0) is 23.5 Å². The van der Waals surface area contributed by atoms with Crippen molar-refractivity contribution in [1.82, 2.24) is 9.78 Å². The monoisotopic (exact) mass is 233 g/mol. The van der Waals surface area contributed by atoms with E-state index in [4.69, 9.17) is 5.14 Å². The number of aliphatic hydroxyl groups is 1. The van der Waals surface area contributed by atoms with Crippen LogP contribution in [0, 0.1) is 0 Å². The first kappa shape index (κ1) is 12.2. The standard InChI is InChI=1S/C8H15N3O3S/c1-8(2,12)5-6-4-7(10-11(6)3)15(9,13)14/h4,12H,5H2,1-3H3,(H2,9,13,14). The first-order valence-corrected chi connectivity index (χ1v) is 5.92. The fourth-order valence-corrected chi connectivity index (χ4v) is 1.76. The summed E-state index contributed by atoms with van der Waals surface area (Å²) in [6, 6.07) is 1.37. The van der Waals surface area contributed by atoms with Gasteiger partial charge >= 0.3 is 0 Å². The molecule has 0 bridgehead atoms. The summed E-state index contributed by atoms with van der Waals surface area (Å²) in [5.41, 5.74) is -0.296. The van der Waals surface area contributed by atoms with E-state index < -0.39 is 15.6 Å². The number of aryl methyl sites for hydroxylation is 1. The van der Waals surface area contributed by atoms with Gasteiger partial charge in [0.15, 0.2) is 5.03 Å². The zero-order valence-electron chi connectivity index (χ0n) is 8.93. The maximum Gasteiger partial charge on any atom is 0.257 e. The van der Waals surface area contributed by atoms with Crippen LogP contribution in [0.25, 0.3) is 0 Å². The number of rotatable bonds is 3. The third-order valence-corrected chi connectivity index (χ3v) is 2.64. The Balaban J connectivity index is 3.08. The van der Waals surface area contributed by atoms with Gasteiger partial charge in [-0.05, 0) is 19.9 Å².